The van der Waals surface area contributed by atoms with Crippen LogP contribution in [-0.4, -0.2) is 25.8 Å². The molecule has 0 saturated heterocycles. The summed E-state index contributed by atoms with van der Waals surface area (Å²) in [7, 11) is 0. The number of nitrogens with zero attached hydrogens (tertiary/aromatic N) is 4. The van der Waals surface area contributed by atoms with Crippen molar-refractivity contribution in [2.75, 3.05) is 6.54 Å². The molecule has 0 spiro atoms. The fraction of sp³-hybridized carbons (Fsp3) is 0.182. The first-order chi connectivity index (χ1) is 12.9. The molecular formula is C22H20N4. The molecule has 4 aromatic rings. The minimum atomic E-state index is 0.896. The largest absolute Gasteiger partial charge is 0.294 e. The van der Waals surface area contributed by atoms with Gasteiger partial charge in [0.05, 0.1) is 11.4 Å². The number of benzene rings is 2. The average molecular weight is 340 g/mol. The molecule has 0 unspecified atom stereocenters. The summed E-state index contributed by atoms with van der Waals surface area (Å²) in [4.78, 5) is 12.1. The molecule has 2 aromatic carbocycles. The van der Waals surface area contributed by atoms with Crippen LogP contribution in [0.15, 0.2) is 73.2 Å². The molecule has 0 fully saturated rings. The minimum absolute atomic E-state index is 0.896. The fourth-order valence-corrected chi connectivity index (χ4v) is 3.71. The van der Waals surface area contributed by atoms with Crippen molar-refractivity contribution in [3.05, 3.63) is 90.0 Å². The first kappa shape index (κ1) is 15.3. The molecule has 1 aliphatic heterocycles. The van der Waals surface area contributed by atoms with E-state index in [0.29, 0.717) is 0 Å². The van der Waals surface area contributed by atoms with Crippen LogP contribution in [-0.2, 0) is 19.5 Å². The van der Waals surface area contributed by atoms with Crippen LogP contribution in [0.5, 0.6) is 0 Å². The van der Waals surface area contributed by atoms with Gasteiger partial charge in [-0.05, 0) is 5.56 Å². The molecule has 0 radical (unpaired) electrons. The summed E-state index contributed by atoms with van der Waals surface area (Å²) >= 11 is 0. The Morgan fingerprint density at radius 1 is 0.923 bits per heavy atom. The molecule has 128 valence electrons. The molecular weight excluding hydrogens is 320 g/mol. The third kappa shape index (κ3) is 2.78. The summed E-state index contributed by atoms with van der Waals surface area (Å²) in [5.41, 5.74) is 6.97. The summed E-state index contributed by atoms with van der Waals surface area (Å²) in [6, 6.07) is 21.0. The monoisotopic (exact) mass is 340 g/mol. The van der Waals surface area contributed by atoms with Crippen LogP contribution in [0.3, 0.4) is 0 Å². The van der Waals surface area contributed by atoms with Gasteiger partial charge in [0, 0.05) is 43.4 Å². The summed E-state index contributed by atoms with van der Waals surface area (Å²) in [6.07, 6.45) is 4.96. The number of hydrogen-bond acceptors (Lipinski definition) is 3. The molecule has 2 aromatic heterocycles. The normalized spacial score (nSPS) is 14.5. The Balaban J connectivity index is 1.50. The average Bonchev–Trinajstić information content (AvgIpc) is 3.14. The zero-order valence-corrected chi connectivity index (χ0v) is 14.5. The number of hydrogen-bond donors (Lipinski definition) is 0. The number of aromatic nitrogens is 3. The van der Waals surface area contributed by atoms with Crippen molar-refractivity contribution in [3.63, 3.8) is 0 Å². The Morgan fingerprint density at radius 3 is 2.50 bits per heavy atom. The van der Waals surface area contributed by atoms with Crippen molar-refractivity contribution >= 4 is 5.65 Å². The summed E-state index contributed by atoms with van der Waals surface area (Å²) < 4.78 is 2.06. The van der Waals surface area contributed by atoms with Gasteiger partial charge in [-0.3, -0.25) is 9.30 Å². The maximum atomic E-state index is 4.93. The van der Waals surface area contributed by atoms with Crippen LogP contribution >= 0.6 is 0 Å². The molecule has 0 aliphatic carbocycles. The maximum absolute atomic E-state index is 4.93. The molecule has 1 aliphatic rings. The van der Waals surface area contributed by atoms with Gasteiger partial charge in [-0.2, -0.15) is 0 Å². The number of imidazole rings is 1. The lowest BCUT2D eigenvalue weighted by Crippen LogP contribution is -2.31. The van der Waals surface area contributed by atoms with Crippen LogP contribution in [0.1, 0.15) is 16.8 Å². The highest BCUT2D eigenvalue weighted by Gasteiger charge is 2.21. The zero-order chi connectivity index (χ0) is 17.3. The van der Waals surface area contributed by atoms with Crippen LogP contribution in [0.25, 0.3) is 16.9 Å². The van der Waals surface area contributed by atoms with Gasteiger partial charge in [0.2, 0.25) is 0 Å². The molecule has 0 bridgehead atoms. The van der Waals surface area contributed by atoms with E-state index in [0.717, 1.165) is 43.0 Å². The summed E-state index contributed by atoms with van der Waals surface area (Å²) in [6.45, 7) is 2.90. The number of rotatable bonds is 3. The molecule has 0 saturated carbocycles. The Hall–Kier alpha value is -2.98. The van der Waals surface area contributed by atoms with Crippen molar-refractivity contribution in [2.45, 2.75) is 19.5 Å². The Bertz CT molecular complexity index is 1040. The van der Waals surface area contributed by atoms with Gasteiger partial charge >= 0.3 is 0 Å². The van der Waals surface area contributed by atoms with Crippen molar-refractivity contribution in [1.29, 1.82) is 0 Å². The lowest BCUT2D eigenvalue weighted by molar-refractivity contribution is 0.244. The molecule has 5 rings (SSSR count). The van der Waals surface area contributed by atoms with Crippen molar-refractivity contribution in [1.82, 2.24) is 19.3 Å². The molecule has 0 N–H and O–H groups in total. The third-order valence-electron chi connectivity index (χ3n) is 5.05. The van der Waals surface area contributed by atoms with Crippen molar-refractivity contribution in [3.8, 4) is 11.3 Å². The molecule has 4 nitrogen and oxygen atoms in total. The molecule has 0 atom stereocenters. The van der Waals surface area contributed by atoms with E-state index in [2.05, 4.69) is 70.1 Å². The lowest BCUT2D eigenvalue weighted by Gasteiger charge is -2.28. The van der Waals surface area contributed by atoms with Crippen LogP contribution in [0.4, 0.5) is 0 Å². The van der Waals surface area contributed by atoms with E-state index in [1.807, 2.05) is 12.4 Å². The minimum Gasteiger partial charge on any atom is -0.294 e. The maximum Gasteiger partial charge on any atom is 0.145 e. The van der Waals surface area contributed by atoms with Crippen LogP contribution in [0.2, 0.25) is 0 Å². The molecule has 0 amide bonds. The van der Waals surface area contributed by atoms with E-state index in [1.54, 1.807) is 0 Å². The predicted octanol–water partition coefficient (Wildman–Crippen LogP) is 3.95. The second-order valence-electron chi connectivity index (χ2n) is 6.84. The van der Waals surface area contributed by atoms with Gasteiger partial charge < -0.3 is 0 Å². The highest BCUT2D eigenvalue weighted by atomic mass is 15.1. The molecule has 26 heavy (non-hydrogen) atoms. The first-order valence-corrected chi connectivity index (χ1v) is 9.04. The van der Waals surface area contributed by atoms with Crippen LogP contribution < -0.4 is 0 Å². The van der Waals surface area contributed by atoms with Gasteiger partial charge in [-0.15, -0.1) is 0 Å². The first-order valence-electron chi connectivity index (χ1n) is 9.04. The van der Waals surface area contributed by atoms with E-state index in [1.165, 1.54) is 16.8 Å². The van der Waals surface area contributed by atoms with E-state index in [9.17, 15) is 0 Å². The van der Waals surface area contributed by atoms with E-state index in [4.69, 9.17) is 9.97 Å². The quantitative estimate of drug-likeness (QED) is 0.566. The highest BCUT2D eigenvalue weighted by Crippen LogP contribution is 2.25. The topological polar surface area (TPSA) is 33.4 Å². The zero-order valence-electron chi connectivity index (χ0n) is 14.5. The summed E-state index contributed by atoms with van der Waals surface area (Å²) in [5, 5.41) is 0. The highest BCUT2D eigenvalue weighted by molar-refractivity contribution is 5.64. The van der Waals surface area contributed by atoms with E-state index in [-0.39, 0.29) is 0 Å². The van der Waals surface area contributed by atoms with Gasteiger partial charge in [0.15, 0.2) is 0 Å². The van der Waals surface area contributed by atoms with Crippen molar-refractivity contribution < 1.29 is 0 Å². The SMILES string of the molecule is c1ccc(CN2CCc3ncn4cc(-c5ccccc5)nc4c3C2)cc1. The second kappa shape index (κ2) is 6.39. The Labute approximate surface area is 152 Å². The van der Waals surface area contributed by atoms with Crippen LogP contribution in [0, 0.1) is 0 Å². The molecule has 3 heterocycles. The third-order valence-corrected chi connectivity index (χ3v) is 5.05. The predicted molar refractivity (Wildman–Crippen MR) is 103 cm³/mol. The Kier molecular flexibility index (Phi) is 3.76. The standard InChI is InChI=1S/C22H20N4/c1-3-7-17(8-4-1)13-25-12-11-20-19(14-25)22-24-21(15-26(22)16-23-20)18-9-5-2-6-10-18/h1-10,15-16H,11-14H2. The summed E-state index contributed by atoms with van der Waals surface area (Å²) in [5.74, 6) is 0. The number of fused-ring (bicyclic) bond motifs is 3. The lowest BCUT2D eigenvalue weighted by atomic mass is 10.1. The smallest absolute Gasteiger partial charge is 0.145 e. The van der Waals surface area contributed by atoms with E-state index < -0.39 is 0 Å². The van der Waals surface area contributed by atoms with Crippen molar-refractivity contribution in [2.24, 2.45) is 0 Å². The van der Waals surface area contributed by atoms with E-state index >= 15 is 0 Å². The Morgan fingerprint density at radius 2 is 1.69 bits per heavy atom. The second-order valence-corrected chi connectivity index (χ2v) is 6.84. The van der Waals surface area contributed by atoms with Gasteiger partial charge in [0.25, 0.3) is 0 Å². The van der Waals surface area contributed by atoms with Gasteiger partial charge in [-0.25, -0.2) is 9.97 Å². The van der Waals surface area contributed by atoms with Gasteiger partial charge in [0.1, 0.15) is 12.0 Å². The fourth-order valence-electron chi connectivity index (χ4n) is 3.71. The molecule has 4 heteroatoms. The van der Waals surface area contributed by atoms with Gasteiger partial charge in [-0.1, -0.05) is 60.7 Å².